The average molecular weight is 348 g/mol. The molecule has 0 saturated heterocycles. The van der Waals surface area contributed by atoms with Crippen LogP contribution < -0.4 is 5.32 Å². The number of benzene rings is 2. The molecule has 0 saturated carbocycles. The molecule has 0 aliphatic heterocycles. The molecule has 0 unspecified atom stereocenters. The van der Waals surface area contributed by atoms with E-state index in [1.165, 1.54) is 4.68 Å². The molecule has 3 rings (SSSR count). The highest BCUT2D eigenvalue weighted by molar-refractivity contribution is 6.44. The lowest BCUT2D eigenvalue weighted by Crippen LogP contribution is -2.12. The summed E-state index contributed by atoms with van der Waals surface area (Å²) >= 11 is 12.0. The van der Waals surface area contributed by atoms with E-state index >= 15 is 0 Å². The van der Waals surface area contributed by atoms with Gasteiger partial charge in [0.2, 0.25) is 0 Å². The minimum Gasteiger partial charge on any atom is -0.321 e. The summed E-state index contributed by atoms with van der Waals surface area (Å²) in [6, 6.07) is 12.0. The number of tetrazole rings is 1. The number of hydrogen-bond donors (Lipinski definition) is 1. The number of rotatable bonds is 3. The summed E-state index contributed by atoms with van der Waals surface area (Å²) in [6.07, 6.45) is 0. The normalized spacial score (nSPS) is 10.6. The molecule has 116 valence electrons. The fourth-order valence-corrected chi connectivity index (χ4v) is 2.42. The van der Waals surface area contributed by atoms with Crippen molar-refractivity contribution in [2.75, 3.05) is 5.32 Å². The van der Waals surface area contributed by atoms with Gasteiger partial charge < -0.3 is 5.32 Å². The molecule has 0 bridgehead atoms. The van der Waals surface area contributed by atoms with Crippen molar-refractivity contribution in [1.29, 1.82) is 0 Å². The van der Waals surface area contributed by atoms with E-state index in [9.17, 15) is 4.79 Å². The van der Waals surface area contributed by atoms with Crippen LogP contribution in [0.3, 0.4) is 0 Å². The van der Waals surface area contributed by atoms with Gasteiger partial charge in [-0.3, -0.25) is 4.79 Å². The largest absolute Gasteiger partial charge is 0.321 e. The Morgan fingerprint density at radius 1 is 1.17 bits per heavy atom. The second-order valence-corrected chi connectivity index (χ2v) is 5.55. The Balaban J connectivity index is 1.89. The molecule has 0 radical (unpaired) electrons. The summed E-state index contributed by atoms with van der Waals surface area (Å²) in [5.41, 5.74) is 1.65. The monoisotopic (exact) mass is 347 g/mol. The van der Waals surface area contributed by atoms with Crippen LogP contribution in [-0.4, -0.2) is 26.1 Å². The van der Waals surface area contributed by atoms with Crippen LogP contribution >= 0.6 is 23.2 Å². The van der Waals surface area contributed by atoms with Crippen LogP contribution in [0.4, 0.5) is 5.69 Å². The Hall–Kier alpha value is -2.44. The van der Waals surface area contributed by atoms with Gasteiger partial charge in [-0.05, 0) is 34.7 Å². The minimum absolute atomic E-state index is 0.300. The van der Waals surface area contributed by atoms with Crippen LogP contribution in [0.15, 0.2) is 42.5 Å². The summed E-state index contributed by atoms with van der Waals surface area (Å²) in [5, 5.41) is 14.7. The van der Waals surface area contributed by atoms with Crippen molar-refractivity contribution in [3.8, 4) is 11.4 Å². The first-order valence-electron chi connectivity index (χ1n) is 6.64. The summed E-state index contributed by atoms with van der Waals surface area (Å²) in [5.74, 6) is 0.270. The Morgan fingerprint density at radius 3 is 2.70 bits per heavy atom. The lowest BCUT2D eigenvalue weighted by molar-refractivity contribution is 0.102. The average Bonchev–Trinajstić information content (AvgIpc) is 2.98. The number of nitrogens with one attached hydrogen (secondary N) is 1. The highest BCUT2D eigenvalue weighted by Gasteiger charge is 2.13. The van der Waals surface area contributed by atoms with Gasteiger partial charge >= 0.3 is 0 Å². The predicted molar refractivity (Wildman–Crippen MR) is 88.6 cm³/mol. The fourth-order valence-electron chi connectivity index (χ4n) is 2.07. The highest BCUT2D eigenvalue weighted by atomic mass is 35.5. The molecule has 23 heavy (non-hydrogen) atoms. The SMILES string of the molecule is Cn1nnnc1-c1cccc(C(=O)Nc2cccc(Cl)c2Cl)c1. The first-order valence-corrected chi connectivity index (χ1v) is 7.40. The van der Waals surface area contributed by atoms with E-state index in [-0.39, 0.29) is 5.91 Å². The van der Waals surface area contributed by atoms with E-state index in [1.807, 2.05) is 6.07 Å². The van der Waals surface area contributed by atoms with Crippen LogP contribution in [0.25, 0.3) is 11.4 Å². The lowest BCUT2D eigenvalue weighted by Gasteiger charge is -2.09. The molecular weight excluding hydrogens is 337 g/mol. The smallest absolute Gasteiger partial charge is 0.255 e. The Labute approximate surface area is 142 Å². The number of amides is 1. The zero-order chi connectivity index (χ0) is 16.4. The van der Waals surface area contributed by atoms with Gasteiger partial charge in [-0.2, -0.15) is 0 Å². The quantitative estimate of drug-likeness (QED) is 0.787. The second-order valence-electron chi connectivity index (χ2n) is 4.76. The highest BCUT2D eigenvalue weighted by Crippen LogP contribution is 2.30. The van der Waals surface area contributed by atoms with Gasteiger partial charge in [0.05, 0.1) is 15.7 Å². The number of halogens is 2. The molecule has 0 atom stereocenters. The van der Waals surface area contributed by atoms with Crippen molar-refractivity contribution in [2.24, 2.45) is 7.05 Å². The van der Waals surface area contributed by atoms with Gasteiger partial charge in [0.15, 0.2) is 5.82 Å². The van der Waals surface area contributed by atoms with Crippen LogP contribution in [0.5, 0.6) is 0 Å². The molecule has 6 nitrogen and oxygen atoms in total. The summed E-state index contributed by atoms with van der Waals surface area (Å²) in [7, 11) is 1.73. The maximum Gasteiger partial charge on any atom is 0.255 e. The topological polar surface area (TPSA) is 72.7 Å². The van der Waals surface area contributed by atoms with E-state index in [1.54, 1.807) is 43.4 Å². The van der Waals surface area contributed by atoms with Gasteiger partial charge in [-0.1, -0.05) is 41.4 Å². The van der Waals surface area contributed by atoms with Gasteiger partial charge in [0.1, 0.15) is 0 Å². The molecule has 1 amide bonds. The van der Waals surface area contributed by atoms with E-state index in [2.05, 4.69) is 20.8 Å². The number of hydrogen-bond acceptors (Lipinski definition) is 4. The molecular formula is C15H11Cl2N5O. The van der Waals surface area contributed by atoms with Gasteiger partial charge in [-0.25, -0.2) is 4.68 Å². The van der Waals surface area contributed by atoms with Crippen LogP contribution in [0.1, 0.15) is 10.4 Å². The molecule has 2 aromatic carbocycles. The lowest BCUT2D eigenvalue weighted by atomic mass is 10.1. The molecule has 1 aromatic heterocycles. The third kappa shape index (κ3) is 3.18. The first kappa shape index (κ1) is 15.5. The number of carbonyl (C=O) groups is 1. The van der Waals surface area contributed by atoms with Crippen molar-refractivity contribution in [3.05, 3.63) is 58.1 Å². The molecule has 0 aliphatic rings. The third-order valence-electron chi connectivity index (χ3n) is 3.20. The second kappa shape index (κ2) is 6.36. The number of carbonyl (C=O) groups excluding carboxylic acids is 1. The predicted octanol–water partition coefficient (Wildman–Crippen LogP) is 3.44. The maximum absolute atomic E-state index is 12.4. The first-order chi connectivity index (χ1) is 11.1. The summed E-state index contributed by atoms with van der Waals surface area (Å²) in [4.78, 5) is 12.4. The zero-order valence-electron chi connectivity index (χ0n) is 12.0. The third-order valence-corrected chi connectivity index (χ3v) is 4.02. The Kier molecular flexibility index (Phi) is 4.27. The number of aryl methyl sites for hydroxylation is 1. The molecule has 0 aliphatic carbocycles. The van der Waals surface area contributed by atoms with Crippen molar-refractivity contribution in [1.82, 2.24) is 20.2 Å². The van der Waals surface area contributed by atoms with Crippen molar-refractivity contribution in [2.45, 2.75) is 0 Å². The van der Waals surface area contributed by atoms with Crippen LogP contribution in [-0.2, 0) is 7.05 Å². The van der Waals surface area contributed by atoms with Crippen molar-refractivity contribution in [3.63, 3.8) is 0 Å². The molecule has 0 fully saturated rings. The van der Waals surface area contributed by atoms with E-state index < -0.39 is 0 Å². The maximum atomic E-state index is 12.4. The molecule has 0 spiro atoms. The number of aromatic nitrogens is 4. The van der Waals surface area contributed by atoms with Gasteiger partial charge in [0.25, 0.3) is 5.91 Å². The van der Waals surface area contributed by atoms with E-state index in [0.717, 1.165) is 5.56 Å². The zero-order valence-corrected chi connectivity index (χ0v) is 13.5. The molecule has 1 heterocycles. The number of nitrogens with zero attached hydrogens (tertiary/aromatic N) is 4. The standard InChI is InChI=1S/C15H11Cl2N5O/c1-22-14(19-20-21-22)9-4-2-5-10(8-9)15(23)18-12-7-3-6-11(16)13(12)17/h2-8H,1H3,(H,18,23). The molecule has 3 aromatic rings. The van der Waals surface area contributed by atoms with Gasteiger partial charge in [0, 0.05) is 18.2 Å². The summed E-state index contributed by atoms with van der Waals surface area (Å²) < 4.78 is 1.53. The van der Waals surface area contributed by atoms with E-state index in [0.29, 0.717) is 27.1 Å². The summed E-state index contributed by atoms with van der Waals surface area (Å²) in [6.45, 7) is 0. The molecule has 8 heteroatoms. The van der Waals surface area contributed by atoms with Crippen molar-refractivity contribution < 1.29 is 4.79 Å². The van der Waals surface area contributed by atoms with Crippen LogP contribution in [0, 0.1) is 0 Å². The van der Waals surface area contributed by atoms with E-state index in [4.69, 9.17) is 23.2 Å². The fraction of sp³-hybridized carbons (Fsp3) is 0.0667. The number of anilines is 1. The van der Waals surface area contributed by atoms with Crippen molar-refractivity contribution >= 4 is 34.8 Å². The minimum atomic E-state index is -0.300. The van der Waals surface area contributed by atoms with Gasteiger partial charge in [-0.15, -0.1) is 5.10 Å². The Morgan fingerprint density at radius 2 is 1.96 bits per heavy atom. The molecule has 1 N–H and O–H groups in total. The Bertz CT molecular complexity index is 878. The van der Waals surface area contributed by atoms with Crippen LogP contribution in [0.2, 0.25) is 10.0 Å².